The average Bonchev–Trinajstić information content (AvgIpc) is 2.90. The molecule has 0 bridgehead atoms. The Balaban J connectivity index is 2.21. The Labute approximate surface area is 129 Å². The fraction of sp³-hybridized carbons (Fsp3) is 0.375. The van der Waals surface area contributed by atoms with Crippen molar-refractivity contribution < 1.29 is 9.18 Å². The first kappa shape index (κ1) is 16.0. The lowest BCUT2D eigenvalue weighted by atomic mass is 10.1. The second kappa shape index (κ2) is 7.06. The van der Waals surface area contributed by atoms with Gasteiger partial charge in [0.2, 0.25) is 0 Å². The number of imidazole rings is 1. The fourth-order valence-corrected chi connectivity index (χ4v) is 2.09. The molecule has 1 atom stereocenters. The Morgan fingerprint density at radius 3 is 2.55 bits per heavy atom. The number of aromatic nitrogens is 2. The summed E-state index contributed by atoms with van der Waals surface area (Å²) >= 11 is 0. The third-order valence-electron chi connectivity index (χ3n) is 3.27. The molecule has 1 aromatic carbocycles. The largest absolute Gasteiger partial charge is 0.338 e. The number of benzene rings is 1. The lowest BCUT2D eigenvalue weighted by Gasteiger charge is -2.20. The summed E-state index contributed by atoms with van der Waals surface area (Å²) in [4.78, 5) is 16.4. The molecule has 0 saturated heterocycles. The van der Waals surface area contributed by atoms with Crippen LogP contribution >= 0.6 is 0 Å². The second-order valence-corrected chi connectivity index (χ2v) is 5.63. The van der Waals surface area contributed by atoms with Crippen LogP contribution in [-0.4, -0.2) is 22.1 Å². The van der Waals surface area contributed by atoms with Gasteiger partial charge in [-0.15, -0.1) is 0 Å². The summed E-state index contributed by atoms with van der Waals surface area (Å²) in [7, 11) is 1.85. The Morgan fingerprint density at radius 1 is 1.32 bits per heavy atom. The Hall–Kier alpha value is -2.37. The first-order chi connectivity index (χ1) is 10.5. The molecule has 0 unspecified atom stereocenters. The number of rotatable bonds is 5. The van der Waals surface area contributed by atoms with Gasteiger partial charge in [0.1, 0.15) is 17.7 Å². The maximum atomic E-state index is 13.1. The van der Waals surface area contributed by atoms with E-state index in [-0.39, 0.29) is 11.8 Å². The van der Waals surface area contributed by atoms with Crippen molar-refractivity contribution in [2.45, 2.75) is 19.9 Å². The molecule has 118 valence electrons. The first-order valence-electron chi connectivity index (χ1n) is 7.24. The molecule has 0 fully saturated rings. The summed E-state index contributed by atoms with van der Waals surface area (Å²) in [6.45, 7) is 4.63. The number of nitrogens with one attached hydrogen (secondary N) is 2. The second-order valence-electron chi connectivity index (χ2n) is 5.63. The van der Waals surface area contributed by atoms with Crippen LogP contribution in [0.3, 0.4) is 0 Å². The summed E-state index contributed by atoms with van der Waals surface area (Å²) in [6, 6.07) is 5.34. The van der Waals surface area contributed by atoms with E-state index in [0.29, 0.717) is 18.3 Å². The molecule has 2 amide bonds. The van der Waals surface area contributed by atoms with Crippen LogP contribution in [0, 0.1) is 11.7 Å². The molecule has 2 rings (SSSR count). The van der Waals surface area contributed by atoms with Crippen LogP contribution in [0.2, 0.25) is 0 Å². The Bertz CT molecular complexity index is 621. The van der Waals surface area contributed by atoms with Gasteiger partial charge in [-0.3, -0.25) is 0 Å². The number of hydrogen-bond donors (Lipinski definition) is 2. The van der Waals surface area contributed by atoms with E-state index in [0.717, 1.165) is 5.56 Å². The van der Waals surface area contributed by atoms with E-state index in [1.54, 1.807) is 24.5 Å². The molecule has 6 heteroatoms. The zero-order valence-corrected chi connectivity index (χ0v) is 13.0. The van der Waals surface area contributed by atoms with Crippen molar-refractivity contribution in [1.29, 1.82) is 0 Å². The predicted molar refractivity (Wildman–Crippen MR) is 82.8 cm³/mol. The normalized spacial score (nSPS) is 12.2. The monoisotopic (exact) mass is 304 g/mol. The van der Waals surface area contributed by atoms with Crippen LogP contribution in [0.15, 0.2) is 36.7 Å². The lowest BCUT2D eigenvalue weighted by molar-refractivity contribution is 0.237. The summed E-state index contributed by atoms with van der Waals surface area (Å²) < 4.78 is 15.0. The zero-order valence-electron chi connectivity index (χ0n) is 13.0. The summed E-state index contributed by atoms with van der Waals surface area (Å²) in [5.41, 5.74) is 0.774. The molecule has 1 aromatic heterocycles. The first-order valence-corrected chi connectivity index (χ1v) is 7.24. The molecular formula is C16H21FN4O. The van der Waals surface area contributed by atoms with E-state index in [9.17, 15) is 9.18 Å². The molecular weight excluding hydrogens is 283 g/mol. The highest BCUT2D eigenvalue weighted by molar-refractivity contribution is 5.74. The minimum Gasteiger partial charge on any atom is -0.338 e. The number of hydrogen-bond acceptors (Lipinski definition) is 2. The highest BCUT2D eigenvalue weighted by Crippen LogP contribution is 2.20. The molecule has 5 nitrogen and oxygen atoms in total. The Kier molecular flexibility index (Phi) is 5.14. The van der Waals surface area contributed by atoms with Crippen molar-refractivity contribution in [3.05, 3.63) is 53.9 Å². The number of nitrogens with zero attached hydrogens (tertiary/aromatic N) is 2. The van der Waals surface area contributed by atoms with Crippen LogP contribution in [0.25, 0.3) is 0 Å². The molecule has 0 aliphatic carbocycles. The smallest absolute Gasteiger partial charge is 0.315 e. The van der Waals surface area contributed by atoms with Crippen LogP contribution in [-0.2, 0) is 7.05 Å². The lowest BCUT2D eigenvalue weighted by Crippen LogP contribution is -2.40. The van der Waals surface area contributed by atoms with E-state index < -0.39 is 6.04 Å². The number of aryl methyl sites for hydroxylation is 1. The van der Waals surface area contributed by atoms with Crippen molar-refractivity contribution in [2.24, 2.45) is 13.0 Å². The van der Waals surface area contributed by atoms with E-state index in [1.165, 1.54) is 12.1 Å². The SMILES string of the molecule is CC(C)CNC(=O)N[C@H](c1ccc(F)cc1)c1nccn1C. The fourth-order valence-electron chi connectivity index (χ4n) is 2.09. The third-order valence-corrected chi connectivity index (χ3v) is 3.27. The van der Waals surface area contributed by atoms with Crippen molar-refractivity contribution in [2.75, 3.05) is 6.54 Å². The minimum atomic E-state index is -0.437. The predicted octanol–water partition coefficient (Wildman–Crippen LogP) is 2.60. The molecule has 0 aliphatic heterocycles. The average molecular weight is 304 g/mol. The number of urea groups is 1. The molecule has 1 heterocycles. The number of carbonyl (C=O) groups is 1. The maximum absolute atomic E-state index is 13.1. The number of carbonyl (C=O) groups excluding carboxylic acids is 1. The standard InChI is InChI=1S/C16H21FN4O/c1-11(2)10-19-16(22)20-14(15-18-8-9-21(15)3)12-4-6-13(17)7-5-12/h4-9,11,14H,10H2,1-3H3,(H2,19,20,22)/t14-/m1/s1. The van der Waals surface area contributed by atoms with Gasteiger partial charge in [0, 0.05) is 26.0 Å². The van der Waals surface area contributed by atoms with E-state index in [4.69, 9.17) is 0 Å². The van der Waals surface area contributed by atoms with Gasteiger partial charge in [0.25, 0.3) is 0 Å². The van der Waals surface area contributed by atoms with Crippen LogP contribution in [0.1, 0.15) is 31.3 Å². The zero-order chi connectivity index (χ0) is 16.1. The highest BCUT2D eigenvalue weighted by Gasteiger charge is 2.20. The third kappa shape index (κ3) is 4.07. The van der Waals surface area contributed by atoms with Crippen molar-refractivity contribution in [3.8, 4) is 0 Å². The highest BCUT2D eigenvalue weighted by atomic mass is 19.1. The quantitative estimate of drug-likeness (QED) is 0.892. The van der Waals surface area contributed by atoms with Crippen molar-refractivity contribution in [3.63, 3.8) is 0 Å². The summed E-state index contributed by atoms with van der Waals surface area (Å²) in [5, 5.41) is 5.71. The molecule has 0 radical (unpaired) electrons. The van der Waals surface area contributed by atoms with E-state index in [1.807, 2.05) is 25.5 Å². The molecule has 0 aliphatic rings. The number of halogens is 1. The van der Waals surface area contributed by atoms with Crippen molar-refractivity contribution >= 4 is 6.03 Å². The van der Waals surface area contributed by atoms with Gasteiger partial charge in [-0.1, -0.05) is 26.0 Å². The molecule has 22 heavy (non-hydrogen) atoms. The van der Waals surface area contributed by atoms with Crippen LogP contribution in [0.5, 0.6) is 0 Å². The molecule has 2 N–H and O–H groups in total. The van der Waals surface area contributed by atoms with Gasteiger partial charge in [0.05, 0.1) is 0 Å². The topological polar surface area (TPSA) is 59.0 Å². The van der Waals surface area contributed by atoms with E-state index >= 15 is 0 Å². The molecule has 0 spiro atoms. The van der Waals surface area contributed by atoms with Gasteiger partial charge in [-0.25, -0.2) is 14.2 Å². The van der Waals surface area contributed by atoms with Gasteiger partial charge in [0.15, 0.2) is 0 Å². The van der Waals surface area contributed by atoms with E-state index in [2.05, 4.69) is 15.6 Å². The maximum Gasteiger partial charge on any atom is 0.315 e. The van der Waals surface area contributed by atoms with Crippen LogP contribution in [0.4, 0.5) is 9.18 Å². The summed E-state index contributed by atoms with van der Waals surface area (Å²) in [6.07, 6.45) is 3.47. The Morgan fingerprint density at radius 2 is 2.00 bits per heavy atom. The van der Waals surface area contributed by atoms with Gasteiger partial charge >= 0.3 is 6.03 Å². The van der Waals surface area contributed by atoms with Gasteiger partial charge in [-0.05, 0) is 23.6 Å². The van der Waals surface area contributed by atoms with Gasteiger partial charge in [-0.2, -0.15) is 0 Å². The number of amides is 2. The molecule has 0 saturated carbocycles. The molecule has 2 aromatic rings. The van der Waals surface area contributed by atoms with Crippen molar-refractivity contribution in [1.82, 2.24) is 20.2 Å². The van der Waals surface area contributed by atoms with Crippen LogP contribution < -0.4 is 10.6 Å². The van der Waals surface area contributed by atoms with Gasteiger partial charge < -0.3 is 15.2 Å². The summed E-state index contributed by atoms with van der Waals surface area (Å²) in [5.74, 6) is 0.737. The minimum absolute atomic E-state index is 0.272.